The van der Waals surface area contributed by atoms with Gasteiger partial charge in [-0.25, -0.2) is 13.2 Å². The van der Waals surface area contributed by atoms with Crippen molar-refractivity contribution < 1.29 is 22.8 Å². The van der Waals surface area contributed by atoms with Crippen molar-refractivity contribution in [1.29, 1.82) is 0 Å². The maximum atomic E-state index is 14.6. The number of hydrogen-bond donors (Lipinski definition) is 0. The van der Waals surface area contributed by atoms with Crippen LogP contribution >= 0.6 is 0 Å². The number of carbonyl (C=O) groups excluding carboxylic acids is 2. The molecule has 5 rings (SSSR count). The van der Waals surface area contributed by atoms with Gasteiger partial charge in [0, 0.05) is 58.3 Å². The number of fused-ring (bicyclic) bond motifs is 5. The summed E-state index contributed by atoms with van der Waals surface area (Å²) in [4.78, 5) is 31.7. The SMILES string of the molecule is CCCCCCS(=O)(=O)CC/C(=N\OC(C)=O)c1ccc2c(c1)c1cc(C(=O)c3c(C)cc(C)cc3C)c3ccccc3c1n2CC(CC)CCCC. The fourth-order valence-corrected chi connectivity index (χ4v) is 9.19. The van der Waals surface area contributed by atoms with Crippen LogP contribution in [-0.4, -0.2) is 42.0 Å². The predicted molar refractivity (Wildman–Crippen MR) is 220 cm³/mol. The number of aromatic nitrogens is 1. The molecule has 282 valence electrons. The van der Waals surface area contributed by atoms with E-state index in [9.17, 15) is 18.0 Å². The van der Waals surface area contributed by atoms with Gasteiger partial charge in [0.25, 0.3) is 0 Å². The number of benzene rings is 4. The number of hydrogen-bond acceptors (Lipinski definition) is 6. The van der Waals surface area contributed by atoms with E-state index in [0.717, 1.165) is 106 Å². The number of carbonyl (C=O) groups is 2. The quantitative estimate of drug-likeness (QED) is 0.0293. The predicted octanol–water partition coefficient (Wildman–Crippen LogP) is 11.0. The van der Waals surface area contributed by atoms with E-state index in [4.69, 9.17) is 4.84 Å². The molecule has 0 amide bonds. The minimum atomic E-state index is -3.34. The number of oxime groups is 1. The number of sulfone groups is 1. The highest BCUT2D eigenvalue weighted by Crippen LogP contribution is 2.39. The zero-order valence-electron chi connectivity index (χ0n) is 32.7. The fraction of sp³-hybridized carbons (Fsp3) is 0.444. The smallest absolute Gasteiger partial charge is 0.331 e. The summed E-state index contributed by atoms with van der Waals surface area (Å²) in [5, 5.41) is 8.02. The van der Waals surface area contributed by atoms with Gasteiger partial charge in [0.05, 0.1) is 22.7 Å². The van der Waals surface area contributed by atoms with E-state index in [2.05, 4.69) is 66.9 Å². The molecule has 53 heavy (non-hydrogen) atoms. The van der Waals surface area contributed by atoms with E-state index in [1.807, 2.05) is 45.0 Å². The molecule has 0 aliphatic rings. The van der Waals surface area contributed by atoms with E-state index in [1.165, 1.54) is 6.92 Å². The highest BCUT2D eigenvalue weighted by atomic mass is 32.2. The van der Waals surface area contributed by atoms with Crippen molar-refractivity contribution in [3.05, 3.63) is 94.0 Å². The first-order valence-corrected chi connectivity index (χ1v) is 21.3. The molecule has 0 aliphatic carbocycles. The highest BCUT2D eigenvalue weighted by Gasteiger charge is 2.24. The Morgan fingerprint density at radius 3 is 2.15 bits per heavy atom. The van der Waals surface area contributed by atoms with Gasteiger partial charge in [-0.2, -0.15) is 0 Å². The van der Waals surface area contributed by atoms with E-state index >= 15 is 0 Å². The molecule has 0 aliphatic heterocycles. The zero-order valence-corrected chi connectivity index (χ0v) is 33.5. The molecule has 5 aromatic rings. The van der Waals surface area contributed by atoms with Crippen LogP contribution < -0.4 is 0 Å². The van der Waals surface area contributed by atoms with Gasteiger partial charge in [-0.15, -0.1) is 0 Å². The maximum Gasteiger partial charge on any atom is 0.331 e. The standard InChI is InChI=1S/C45H56N2O5S/c1-8-11-13-16-23-53(50,51)24-22-41(46-52-33(7)48)35-20-21-42-38(27-35)39-28-40(45(49)43-31(5)25-30(4)26-32(43)6)36-18-14-15-19-37(36)44(39)47(42)29-34(10-3)17-12-9-2/h14-15,18-21,25-28,34H,8-13,16-17,22-24,29H2,1-7H3/b46-41+. The van der Waals surface area contributed by atoms with Crippen molar-refractivity contribution in [1.82, 2.24) is 4.57 Å². The van der Waals surface area contributed by atoms with E-state index in [1.54, 1.807) is 0 Å². The zero-order chi connectivity index (χ0) is 38.3. The molecule has 1 heterocycles. The van der Waals surface area contributed by atoms with Gasteiger partial charge < -0.3 is 9.40 Å². The van der Waals surface area contributed by atoms with Crippen LogP contribution in [0, 0.1) is 26.7 Å². The Kier molecular flexibility index (Phi) is 13.3. The van der Waals surface area contributed by atoms with Gasteiger partial charge in [-0.3, -0.25) is 4.79 Å². The van der Waals surface area contributed by atoms with Crippen molar-refractivity contribution in [3.8, 4) is 0 Å². The van der Waals surface area contributed by atoms with Crippen LogP contribution in [0.4, 0.5) is 0 Å². The maximum absolute atomic E-state index is 14.6. The first-order valence-electron chi connectivity index (χ1n) is 19.4. The molecule has 0 spiro atoms. The van der Waals surface area contributed by atoms with E-state index in [-0.39, 0.29) is 23.7 Å². The first kappa shape index (κ1) is 39.9. The summed E-state index contributed by atoms with van der Waals surface area (Å²) in [6.07, 6.45) is 8.13. The van der Waals surface area contributed by atoms with Crippen LogP contribution in [0.15, 0.2) is 65.8 Å². The Balaban J connectivity index is 1.73. The van der Waals surface area contributed by atoms with E-state index < -0.39 is 15.8 Å². The number of unbranched alkanes of at least 4 members (excludes halogenated alkanes) is 4. The Morgan fingerprint density at radius 2 is 1.49 bits per heavy atom. The summed E-state index contributed by atoms with van der Waals surface area (Å²) in [5.41, 5.74) is 7.59. The number of ketones is 1. The Morgan fingerprint density at radius 1 is 0.792 bits per heavy atom. The summed E-state index contributed by atoms with van der Waals surface area (Å²) in [5.74, 6) is -0.0779. The van der Waals surface area contributed by atoms with Crippen LogP contribution in [0.5, 0.6) is 0 Å². The molecular weight excluding hydrogens is 681 g/mol. The van der Waals surface area contributed by atoms with Crippen LogP contribution in [0.3, 0.4) is 0 Å². The second-order valence-electron chi connectivity index (χ2n) is 14.8. The summed E-state index contributed by atoms with van der Waals surface area (Å²) < 4.78 is 28.6. The monoisotopic (exact) mass is 736 g/mol. The van der Waals surface area contributed by atoms with Gasteiger partial charge in [0.1, 0.15) is 0 Å². The minimum Gasteiger partial charge on any atom is -0.340 e. The largest absolute Gasteiger partial charge is 0.340 e. The van der Waals surface area contributed by atoms with Crippen molar-refractivity contribution in [2.75, 3.05) is 11.5 Å². The van der Waals surface area contributed by atoms with Crippen molar-refractivity contribution in [2.45, 2.75) is 113 Å². The van der Waals surface area contributed by atoms with E-state index in [0.29, 0.717) is 29.2 Å². The van der Waals surface area contributed by atoms with Crippen LogP contribution in [0.2, 0.25) is 0 Å². The topological polar surface area (TPSA) is 94.8 Å². The van der Waals surface area contributed by atoms with Crippen LogP contribution in [0.1, 0.15) is 124 Å². The minimum absolute atomic E-state index is 0.00853. The van der Waals surface area contributed by atoms with Crippen LogP contribution in [0.25, 0.3) is 32.6 Å². The molecule has 1 unspecified atom stereocenters. The Hall–Kier alpha value is -4.30. The first-order chi connectivity index (χ1) is 25.4. The molecular formula is C45H56N2O5S. The molecule has 0 saturated heterocycles. The lowest BCUT2D eigenvalue weighted by molar-refractivity contribution is -0.140. The fourth-order valence-electron chi connectivity index (χ4n) is 7.83. The molecule has 0 N–H and O–H groups in total. The lowest BCUT2D eigenvalue weighted by atomic mass is 9.89. The lowest BCUT2D eigenvalue weighted by Gasteiger charge is -2.19. The van der Waals surface area contributed by atoms with Crippen molar-refractivity contribution in [3.63, 3.8) is 0 Å². The molecule has 1 atom stereocenters. The third-order valence-corrected chi connectivity index (χ3v) is 12.3. The molecule has 8 heteroatoms. The lowest BCUT2D eigenvalue weighted by Crippen LogP contribution is -2.16. The Bertz CT molecular complexity index is 2240. The number of aryl methyl sites for hydroxylation is 3. The van der Waals surface area contributed by atoms with Gasteiger partial charge in [-0.05, 0) is 74.2 Å². The molecule has 0 fully saturated rings. The molecule has 4 aromatic carbocycles. The van der Waals surface area contributed by atoms with Gasteiger partial charge in [0.15, 0.2) is 15.6 Å². The summed E-state index contributed by atoms with van der Waals surface area (Å²) >= 11 is 0. The second-order valence-corrected chi connectivity index (χ2v) is 17.1. The number of rotatable bonds is 18. The van der Waals surface area contributed by atoms with Crippen molar-refractivity contribution in [2.24, 2.45) is 11.1 Å². The Labute approximate surface area is 315 Å². The molecule has 0 radical (unpaired) electrons. The molecule has 7 nitrogen and oxygen atoms in total. The number of nitrogens with zero attached hydrogens (tertiary/aromatic N) is 2. The van der Waals surface area contributed by atoms with Gasteiger partial charge in [0.2, 0.25) is 0 Å². The normalized spacial score (nSPS) is 12.9. The average Bonchev–Trinajstić information content (AvgIpc) is 3.43. The van der Waals surface area contributed by atoms with Crippen molar-refractivity contribution >= 4 is 59.9 Å². The van der Waals surface area contributed by atoms with Gasteiger partial charge in [-0.1, -0.05) is 112 Å². The third kappa shape index (κ3) is 9.26. The molecule has 1 aromatic heterocycles. The summed E-state index contributed by atoms with van der Waals surface area (Å²) in [6.45, 7) is 14.7. The summed E-state index contributed by atoms with van der Waals surface area (Å²) in [7, 11) is -3.34. The molecule has 0 bridgehead atoms. The highest BCUT2D eigenvalue weighted by molar-refractivity contribution is 7.91. The molecule has 0 saturated carbocycles. The second kappa shape index (κ2) is 17.7. The van der Waals surface area contributed by atoms with Crippen LogP contribution in [-0.2, 0) is 26.0 Å². The summed E-state index contributed by atoms with van der Waals surface area (Å²) in [6, 6.07) is 20.4. The van der Waals surface area contributed by atoms with Gasteiger partial charge >= 0.3 is 5.97 Å². The average molecular weight is 737 g/mol. The third-order valence-electron chi connectivity index (χ3n) is 10.6.